The van der Waals surface area contributed by atoms with E-state index in [0.29, 0.717) is 23.6 Å². The minimum Gasteiger partial charge on any atom is -0.292 e. The number of unbranched alkanes of at least 4 members (excludes halogenated alkanes) is 1. The number of nitrogens with zero attached hydrogens (tertiary/aromatic N) is 6. The molecule has 0 atom stereocenters. The van der Waals surface area contributed by atoms with Crippen LogP contribution in [-0.2, 0) is 13.0 Å². The second-order valence-corrected chi connectivity index (χ2v) is 8.37. The van der Waals surface area contributed by atoms with E-state index in [1.807, 2.05) is 43.3 Å². The molecule has 3 heterocycles. The van der Waals surface area contributed by atoms with Crippen molar-refractivity contribution >= 4 is 0 Å². The molecule has 0 amide bonds. The van der Waals surface area contributed by atoms with Gasteiger partial charge in [0.15, 0.2) is 0 Å². The summed E-state index contributed by atoms with van der Waals surface area (Å²) >= 11 is 0. The third kappa shape index (κ3) is 4.45. The Kier molecular flexibility index (Phi) is 6.48. The predicted octanol–water partition coefficient (Wildman–Crippen LogP) is 4.55. The van der Waals surface area contributed by atoms with Crippen LogP contribution in [0.15, 0.2) is 71.8 Å². The lowest BCUT2D eigenvalue weighted by Crippen LogP contribution is -2.25. The van der Waals surface area contributed by atoms with Crippen LogP contribution in [0, 0.1) is 11.6 Å². The Balaban J connectivity index is 1.49. The van der Waals surface area contributed by atoms with Crippen molar-refractivity contribution in [2.24, 2.45) is 0 Å². The van der Waals surface area contributed by atoms with Crippen LogP contribution in [0.4, 0.5) is 8.78 Å². The number of para-hydroxylation sites is 1. The lowest BCUT2D eigenvalue weighted by Gasteiger charge is -2.09. The molecule has 0 unspecified atom stereocenters. The number of benzene rings is 2. The van der Waals surface area contributed by atoms with E-state index in [0.717, 1.165) is 46.2 Å². The van der Waals surface area contributed by atoms with Crippen molar-refractivity contribution in [3.8, 4) is 28.3 Å². The topological polar surface area (TPSA) is 94.3 Å². The molecule has 0 aliphatic heterocycles. The van der Waals surface area contributed by atoms with E-state index in [-0.39, 0.29) is 12.2 Å². The van der Waals surface area contributed by atoms with Crippen molar-refractivity contribution in [1.82, 2.24) is 34.7 Å². The van der Waals surface area contributed by atoms with Gasteiger partial charge in [0, 0.05) is 29.2 Å². The Bertz CT molecular complexity index is 1520. The van der Waals surface area contributed by atoms with Crippen LogP contribution in [0.25, 0.3) is 28.3 Å². The maximum atomic E-state index is 14.4. The molecule has 182 valence electrons. The van der Waals surface area contributed by atoms with Gasteiger partial charge in [-0.15, -0.1) is 10.2 Å². The molecule has 5 aromatic rings. The highest BCUT2D eigenvalue weighted by Gasteiger charge is 2.19. The molecule has 0 saturated heterocycles. The third-order valence-electron chi connectivity index (χ3n) is 5.98. The number of tetrazole rings is 1. The summed E-state index contributed by atoms with van der Waals surface area (Å²) in [6.45, 7) is 2.27. The minimum absolute atomic E-state index is 0.223. The molecular weight excluding hydrogens is 464 g/mol. The number of halogens is 2. The number of imidazole rings is 1. The average molecular weight is 488 g/mol. The summed E-state index contributed by atoms with van der Waals surface area (Å²) in [7, 11) is 0. The molecule has 0 spiro atoms. The minimum atomic E-state index is -0.789. The standard InChI is InChI=1S/C26H23F2N7O/c1-2-3-7-18-16-35(24-21(27)10-6-11-22(24)28)26(36)34(18)15-17-12-13-23(29-14-17)19-8-4-5-9-20(19)25-30-32-33-31-25/h4-6,8-14,16H,2-3,7,15H2,1H3,(H,30,31,32,33). The molecule has 1 N–H and O–H groups in total. The fourth-order valence-corrected chi connectivity index (χ4v) is 4.17. The van der Waals surface area contributed by atoms with Gasteiger partial charge in [-0.05, 0) is 41.8 Å². The summed E-state index contributed by atoms with van der Waals surface area (Å²) in [6, 6.07) is 14.9. The van der Waals surface area contributed by atoms with Gasteiger partial charge >= 0.3 is 5.69 Å². The van der Waals surface area contributed by atoms with Crippen molar-refractivity contribution in [2.75, 3.05) is 0 Å². The monoisotopic (exact) mass is 487 g/mol. The van der Waals surface area contributed by atoms with Crippen molar-refractivity contribution in [2.45, 2.75) is 32.7 Å². The van der Waals surface area contributed by atoms with Crippen molar-refractivity contribution in [3.63, 3.8) is 0 Å². The van der Waals surface area contributed by atoms with Gasteiger partial charge < -0.3 is 0 Å². The number of aromatic amines is 1. The van der Waals surface area contributed by atoms with Crippen LogP contribution in [0.5, 0.6) is 0 Å². The molecule has 0 bridgehead atoms. The number of aryl methyl sites for hydroxylation is 1. The lowest BCUT2D eigenvalue weighted by atomic mass is 10.0. The zero-order valence-electron chi connectivity index (χ0n) is 19.5. The zero-order valence-corrected chi connectivity index (χ0v) is 19.5. The summed E-state index contributed by atoms with van der Waals surface area (Å²) < 4.78 is 31.5. The largest absolute Gasteiger partial charge is 0.333 e. The van der Waals surface area contributed by atoms with E-state index in [4.69, 9.17) is 0 Å². The number of H-pyrrole nitrogens is 1. The van der Waals surface area contributed by atoms with Gasteiger partial charge in [0.25, 0.3) is 0 Å². The van der Waals surface area contributed by atoms with Gasteiger partial charge in [-0.25, -0.2) is 13.6 Å². The first-order valence-corrected chi connectivity index (χ1v) is 11.6. The van der Waals surface area contributed by atoms with Gasteiger partial charge in [-0.2, -0.15) is 5.21 Å². The fraction of sp³-hybridized carbons (Fsp3) is 0.192. The number of nitrogens with one attached hydrogen (secondary N) is 1. The highest BCUT2D eigenvalue weighted by molar-refractivity contribution is 5.78. The van der Waals surface area contributed by atoms with Gasteiger partial charge in [0.2, 0.25) is 5.82 Å². The van der Waals surface area contributed by atoms with Gasteiger partial charge in [-0.1, -0.05) is 49.7 Å². The molecular formula is C26H23F2N7O. The van der Waals surface area contributed by atoms with E-state index in [1.54, 1.807) is 10.8 Å². The second kappa shape index (κ2) is 10.0. The van der Waals surface area contributed by atoms with Crippen LogP contribution in [0.3, 0.4) is 0 Å². The number of hydrogen-bond donors (Lipinski definition) is 1. The highest BCUT2D eigenvalue weighted by Crippen LogP contribution is 2.28. The first-order valence-electron chi connectivity index (χ1n) is 11.6. The molecule has 2 aromatic carbocycles. The maximum absolute atomic E-state index is 14.4. The van der Waals surface area contributed by atoms with Gasteiger partial charge in [0.05, 0.1) is 12.2 Å². The van der Waals surface area contributed by atoms with Crippen molar-refractivity contribution in [1.29, 1.82) is 0 Å². The molecule has 36 heavy (non-hydrogen) atoms. The normalized spacial score (nSPS) is 11.2. The van der Waals surface area contributed by atoms with E-state index >= 15 is 0 Å². The lowest BCUT2D eigenvalue weighted by molar-refractivity contribution is 0.564. The predicted molar refractivity (Wildman–Crippen MR) is 131 cm³/mol. The summed E-state index contributed by atoms with van der Waals surface area (Å²) in [5.74, 6) is -1.12. The van der Waals surface area contributed by atoms with E-state index in [2.05, 4.69) is 25.6 Å². The summed E-state index contributed by atoms with van der Waals surface area (Å²) in [6.07, 6.45) is 5.59. The number of rotatable bonds is 8. The number of hydrogen-bond acceptors (Lipinski definition) is 5. The molecule has 5 rings (SSSR count). The van der Waals surface area contributed by atoms with E-state index in [9.17, 15) is 13.6 Å². The fourth-order valence-electron chi connectivity index (χ4n) is 4.17. The molecule has 8 nitrogen and oxygen atoms in total. The molecule has 3 aromatic heterocycles. The molecule has 0 aliphatic carbocycles. The quantitative estimate of drug-likeness (QED) is 0.347. The molecule has 0 saturated carbocycles. The van der Waals surface area contributed by atoms with E-state index < -0.39 is 17.3 Å². The second-order valence-electron chi connectivity index (χ2n) is 8.37. The van der Waals surface area contributed by atoms with Crippen LogP contribution in [0.2, 0.25) is 0 Å². The van der Waals surface area contributed by atoms with Crippen LogP contribution in [0.1, 0.15) is 31.0 Å². The Morgan fingerprint density at radius 3 is 2.42 bits per heavy atom. The van der Waals surface area contributed by atoms with Gasteiger partial charge in [0.1, 0.15) is 17.3 Å². The summed E-state index contributed by atoms with van der Waals surface area (Å²) in [4.78, 5) is 17.9. The Morgan fingerprint density at radius 2 is 1.75 bits per heavy atom. The third-order valence-corrected chi connectivity index (χ3v) is 5.98. The molecule has 10 heteroatoms. The Hall–Kier alpha value is -4.47. The molecule has 0 fully saturated rings. The Labute approximate surface area is 205 Å². The van der Waals surface area contributed by atoms with E-state index in [1.165, 1.54) is 12.3 Å². The van der Waals surface area contributed by atoms with Crippen LogP contribution in [-0.4, -0.2) is 34.7 Å². The highest BCUT2D eigenvalue weighted by atomic mass is 19.1. The Morgan fingerprint density at radius 1 is 0.972 bits per heavy atom. The molecule has 0 aliphatic rings. The van der Waals surface area contributed by atoms with Crippen molar-refractivity contribution in [3.05, 3.63) is 100 Å². The van der Waals surface area contributed by atoms with Crippen LogP contribution >= 0.6 is 0 Å². The number of pyridine rings is 1. The first kappa shape index (κ1) is 23.3. The first-order chi connectivity index (χ1) is 17.6. The smallest absolute Gasteiger partial charge is 0.292 e. The van der Waals surface area contributed by atoms with Crippen molar-refractivity contribution < 1.29 is 8.78 Å². The number of aromatic nitrogens is 7. The molecule has 0 radical (unpaired) electrons. The maximum Gasteiger partial charge on any atom is 0.333 e. The van der Waals surface area contributed by atoms with Crippen LogP contribution < -0.4 is 5.69 Å². The summed E-state index contributed by atoms with van der Waals surface area (Å²) in [5, 5.41) is 14.2. The average Bonchev–Trinajstić information content (AvgIpc) is 3.53. The SMILES string of the molecule is CCCCc1cn(-c2c(F)cccc2F)c(=O)n1Cc1ccc(-c2ccccc2-c2nn[nH]n2)nc1. The van der Waals surface area contributed by atoms with Gasteiger partial charge in [-0.3, -0.25) is 14.1 Å². The summed E-state index contributed by atoms with van der Waals surface area (Å²) in [5.41, 5.74) is 2.95. The zero-order chi connectivity index (χ0) is 25.1.